The number of hydrogen-bond acceptors (Lipinski definition) is 4. The van der Waals surface area contributed by atoms with E-state index in [4.69, 9.17) is 14.2 Å². The van der Waals surface area contributed by atoms with Crippen molar-refractivity contribution in [3.05, 3.63) is 59.2 Å². The highest BCUT2D eigenvalue weighted by molar-refractivity contribution is 6.08. The molecule has 0 aliphatic carbocycles. The van der Waals surface area contributed by atoms with E-state index in [-0.39, 0.29) is 5.78 Å². The van der Waals surface area contributed by atoms with Gasteiger partial charge in [-0.05, 0) is 43.3 Å². The van der Waals surface area contributed by atoms with Crippen LogP contribution >= 0.6 is 0 Å². The molecule has 4 nitrogen and oxygen atoms in total. The summed E-state index contributed by atoms with van der Waals surface area (Å²) in [6.07, 6.45) is 3.24. The van der Waals surface area contributed by atoms with Gasteiger partial charge in [-0.2, -0.15) is 0 Å². The van der Waals surface area contributed by atoms with E-state index < -0.39 is 0 Å². The van der Waals surface area contributed by atoms with Crippen LogP contribution in [0, 0.1) is 6.92 Å². The predicted molar refractivity (Wildman–Crippen MR) is 90.6 cm³/mol. The Morgan fingerprint density at radius 3 is 2.30 bits per heavy atom. The molecule has 0 radical (unpaired) electrons. The van der Waals surface area contributed by atoms with Crippen LogP contribution in [0.5, 0.6) is 17.2 Å². The van der Waals surface area contributed by atoms with Crippen LogP contribution in [-0.4, -0.2) is 27.1 Å². The van der Waals surface area contributed by atoms with E-state index >= 15 is 0 Å². The number of ketones is 1. The first-order valence-corrected chi connectivity index (χ1v) is 7.18. The van der Waals surface area contributed by atoms with Crippen molar-refractivity contribution in [3.63, 3.8) is 0 Å². The summed E-state index contributed by atoms with van der Waals surface area (Å²) in [6.45, 7) is 1.94. The molecule has 0 fully saturated rings. The summed E-state index contributed by atoms with van der Waals surface area (Å²) >= 11 is 0. The molecule has 0 N–H and O–H groups in total. The van der Waals surface area contributed by atoms with Gasteiger partial charge in [-0.25, -0.2) is 0 Å². The Hall–Kier alpha value is -2.75. The molecule has 0 aromatic heterocycles. The molecule has 2 rings (SSSR count). The fourth-order valence-corrected chi connectivity index (χ4v) is 2.23. The Morgan fingerprint density at radius 1 is 0.913 bits per heavy atom. The fourth-order valence-electron chi connectivity index (χ4n) is 2.23. The zero-order valence-electron chi connectivity index (χ0n) is 13.8. The van der Waals surface area contributed by atoms with Gasteiger partial charge in [0.1, 0.15) is 17.2 Å². The Morgan fingerprint density at radius 2 is 1.65 bits per heavy atom. The first-order chi connectivity index (χ1) is 11.1. The highest BCUT2D eigenvalue weighted by atomic mass is 16.5. The summed E-state index contributed by atoms with van der Waals surface area (Å²) in [4.78, 5) is 12.4. The molecular formula is C19H20O4. The first-order valence-electron chi connectivity index (χ1n) is 7.18. The third-order valence-electron chi connectivity index (χ3n) is 3.48. The summed E-state index contributed by atoms with van der Waals surface area (Å²) in [7, 11) is 4.73. The van der Waals surface area contributed by atoms with Gasteiger partial charge < -0.3 is 14.2 Å². The molecule has 0 amide bonds. The van der Waals surface area contributed by atoms with Crippen molar-refractivity contribution in [3.8, 4) is 17.2 Å². The number of rotatable bonds is 6. The lowest BCUT2D eigenvalue weighted by Crippen LogP contribution is -1.99. The second-order valence-electron chi connectivity index (χ2n) is 5.01. The molecular weight excluding hydrogens is 292 g/mol. The zero-order valence-corrected chi connectivity index (χ0v) is 13.8. The van der Waals surface area contributed by atoms with Crippen LogP contribution in [0.25, 0.3) is 6.08 Å². The van der Waals surface area contributed by atoms with E-state index in [0.717, 1.165) is 11.1 Å². The molecule has 0 saturated carbocycles. The van der Waals surface area contributed by atoms with Crippen LogP contribution in [0.1, 0.15) is 21.5 Å². The minimum Gasteiger partial charge on any atom is -0.497 e. The summed E-state index contributed by atoms with van der Waals surface area (Å²) in [6, 6.07) is 11.0. The molecule has 0 aliphatic rings. The van der Waals surface area contributed by atoms with E-state index in [1.807, 2.05) is 31.2 Å². The van der Waals surface area contributed by atoms with Crippen molar-refractivity contribution in [1.29, 1.82) is 0 Å². The molecule has 0 heterocycles. The third-order valence-corrected chi connectivity index (χ3v) is 3.48. The molecule has 0 spiro atoms. The van der Waals surface area contributed by atoms with Crippen LogP contribution < -0.4 is 14.2 Å². The van der Waals surface area contributed by atoms with Gasteiger partial charge in [-0.3, -0.25) is 4.79 Å². The standard InChI is InChI=1S/C19H20O4/c1-13-5-10-18(22-3)16(11-13)17(20)9-7-14-6-8-15(21-2)12-19(14)23-4/h5-12H,1-4H3/b9-7+. The summed E-state index contributed by atoms with van der Waals surface area (Å²) in [5.41, 5.74) is 2.34. The molecule has 0 unspecified atom stereocenters. The number of allylic oxidation sites excluding steroid dienone is 1. The number of ether oxygens (including phenoxy) is 3. The number of benzene rings is 2. The van der Waals surface area contributed by atoms with Gasteiger partial charge in [0.25, 0.3) is 0 Å². The fraction of sp³-hybridized carbons (Fsp3) is 0.211. The summed E-state index contributed by atoms with van der Waals surface area (Å²) < 4.78 is 15.7. The Bertz CT molecular complexity index is 732. The lowest BCUT2D eigenvalue weighted by molar-refractivity contribution is 0.104. The summed E-state index contributed by atoms with van der Waals surface area (Å²) in [5.74, 6) is 1.78. The van der Waals surface area contributed by atoms with Gasteiger partial charge >= 0.3 is 0 Å². The maximum Gasteiger partial charge on any atom is 0.189 e. The zero-order chi connectivity index (χ0) is 16.8. The molecule has 0 bridgehead atoms. The Balaban J connectivity index is 2.30. The predicted octanol–water partition coefficient (Wildman–Crippen LogP) is 3.92. The highest BCUT2D eigenvalue weighted by Crippen LogP contribution is 2.26. The van der Waals surface area contributed by atoms with Gasteiger partial charge in [0.2, 0.25) is 0 Å². The molecule has 0 saturated heterocycles. The number of hydrogen-bond donors (Lipinski definition) is 0. The van der Waals surface area contributed by atoms with Gasteiger partial charge in [-0.1, -0.05) is 11.6 Å². The molecule has 23 heavy (non-hydrogen) atoms. The topological polar surface area (TPSA) is 44.8 Å². The molecule has 2 aromatic rings. The number of carbonyl (C=O) groups is 1. The van der Waals surface area contributed by atoms with Crippen molar-refractivity contribution in [2.24, 2.45) is 0 Å². The lowest BCUT2D eigenvalue weighted by Gasteiger charge is -2.08. The second kappa shape index (κ2) is 7.49. The molecule has 0 atom stereocenters. The minimum atomic E-state index is -0.122. The normalized spacial score (nSPS) is 10.6. The van der Waals surface area contributed by atoms with E-state index in [1.54, 1.807) is 39.5 Å². The smallest absolute Gasteiger partial charge is 0.189 e. The molecule has 2 aromatic carbocycles. The van der Waals surface area contributed by atoms with Crippen LogP contribution in [0.2, 0.25) is 0 Å². The number of aryl methyl sites for hydroxylation is 1. The van der Waals surface area contributed by atoms with Gasteiger partial charge in [-0.15, -0.1) is 0 Å². The van der Waals surface area contributed by atoms with E-state index in [0.29, 0.717) is 22.8 Å². The van der Waals surface area contributed by atoms with Crippen LogP contribution in [-0.2, 0) is 0 Å². The quantitative estimate of drug-likeness (QED) is 0.599. The minimum absolute atomic E-state index is 0.122. The third kappa shape index (κ3) is 3.92. The lowest BCUT2D eigenvalue weighted by atomic mass is 10.0. The maximum atomic E-state index is 12.4. The van der Waals surface area contributed by atoms with Gasteiger partial charge in [0, 0.05) is 11.6 Å². The van der Waals surface area contributed by atoms with Crippen LogP contribution in [0.15, 0.2) is 42.5 Å². The Labute approximate surface area is 136 Å². The second-order valence-corrected chi connectivity index (χ2v) is 5.01. The molecule has 120 valence electrons. The van der Waals surface area contributed by atoms with Gasteiger partial charge in [0.05, 0.1) is 26.9 Å². The number of carbonyl (C=O) groups excluding carboxylic acids is 1. The van der Waals surface area contributed by atoms with Crippen molar-refractivity contribution < 1.29 is 19.0 Å². The average Bonchev–Trinajstić information content (AvgIpc) is 2.59. The van der Waals surface area contributed by atoms with Crippen LogP contribution in [0.4, 0.5) is 0 Å². The highest BCUT2D eigenvalue weighted by Gasteiger charge is 2.10. The van der Waals surface area contributed by atoms with Crippen molar-refractivity contribution in [2.75, 3.05) is 21.3 Å². The van der Waals surface area contributed by atoms with E-state index in [9.17, 15) is 4.79 Å². The largest absolute Gasteiger partial charge is 0.497 e. The maximum absolute atomic E-state index is 12.4. The van der Waals surface area contributed by atoms with E-state index in [1.165, 1.54) is 6.08 Å². The van der Waals surface area contributed by atoms with Crippen molar-refractivity contribution >= 4 is 11.9 Å². The Kier molecular flexibility index (Phi) is 5.41. The van der Waals surface area contributed by atoms with Gasteiger partial charge in [0.15, 0.2) is 5.78 Å². The van der Waals surface area contributed by atoms with Crippen LogP contribution in [0.3, 0.4) is 0 Å². The van der Waals surface area contributed by atoms with Crippen molar-refractivity contribution in [1.82, 2.24) is 0 Å². The SMILES string of the molecule is COc1ccc(/C=C/C(=O)c2cc(C)ccc2OC)c(OC)c1. The monoisotopic (exact) mass is 312 g/mol. The molecule has 0 aliphatic heterocycles. The summed E-state index contributed by atoms with van der Waals surface area (Å²) in [5, 5.41) is 0. The number of methoxy groups -OCH3 is 3. The first kappa shape index (κ1) is 16.6. The average molecular weight is 312 g/mol. The molecule has 4 heteroatoms. The van der Waals surface area contributed by atoms with Crippen molar-refractivity contribution in [2.45, 2.75) is 6.92 Å². The van der Waals surface area contributed by atoms with E-state index in [2.05, 4.69) is 0 Å².